The third kappa shape index (κ3) is 3.68. The van der Waals surface area contributed by atoms with Crippen molar-refractivity contribution < 1.29 is 14.7 Å². The van der Waals surface area contributed by atoms with Gasteiger partial charge in [-0.05, 0) is 26.0 Å². The van der Waals surface area contributed by atoms with Crippen molar-refractivity contribution in [1.82, 2.24) is 10.3 Å². The largest absolute Gasteiger partial charge is 0.481 e. The maximum absolute atomic E-state index is 11.6. The maximum Gasteiger partial charge on any atom is 0.305 e. The summed E-state index contributed by atoms with van der Waals surface area (Å²) in [5, 5.41) is 11.1. The van der Waals surface area contributed by atoms with Gasteiger partial charge in [0.2, 0.25) is 0 Å². The molecule has 1 amide bonds. The van der Waals surface area contributed by atoms with Crippen LogP contribution < -0.4 is 5.32 Å². The predicted molar refractivity (Wildman–Crippen MR) is 58.2 cm³/mol. The zero-order valence-corrected chi connectivity index (χ0v) is 9.23. The number of hydrogen-bond donors (Lipinski definition) is 2. The Morgan fingerprint density at radius 1 is 1.50 bits per heavy atom. The van der Waals surface area contributed by atoms with Crippen LogP contribution in [-0.2, 0) is 4.79 Å². The Morgan fingerprint density at radius 3 is 2.75 bits per heavy atom. The van der Waals surface area contributed by atoms with Gasteiger partial charge in [-0.2, -0.15) is 0 Å². The van der Waals surface area contributed by atoms with Gasteiger partial charge in [-0.3, -0.25) is 9.59 Å². The normalized spacial score (nSPS) is 11.9. The van der Waals surface area contributed by atoms with Gasteiger partial charge < -0.3 is 10.4 Å². The highest BCUT2D eigenvalue weighted by atomic mass is 16.4. The minimum Gasteiger partial charge on any atom is -0.481 e. The number of hydrogen-bond acceptors (Lipinski definition) is 3. The molecule has 0 saturated carbocycles. The Hall–Kier alpha value is -1.91. The van der Waals surface area contributed by atoms with E-state index in [1.54, 1.807) is 32.0 Å². The van der Waals surface area contributed by atoms with Gasteiger partial charge in [-0.1, -0.05) is 6.07 Å². The molecule has 1 aromatic rings. The molecule has 0 saturated heterocycles. The fraction of sp³-hybridized carbons (Fsp3) is 0.364. The zero-order valence-electron chi connectivity index (χ0n) is 9.23. The molecule has 0 bridgehead atoms. The van der Waals surface area contributed by atoms with Gasteiger partial charge in [0.05, 0.1) is 6.42 Å². The number of carboxylic acids is 1. The summed E-state index contributed by atoms with van der Waals surface area (Å²) in [6, 6.07) is 4.71. The van der Waals surface area contributed by atoms with E-state index in [9.17, 15) is 9.59 Å². The number of aryl methyl sites for hydroxylation is 1. The van der Waals surface area contributed by atoms with Crippen molar-refractivity contribution in [3.05, 3.63) is 29.6 Å². The quantitative estimate of drug-likeness (QED) is 0.796. The Morgan fingerprint density at radius 2 is 2.19 bits per heavy atom. The number of aliphatic carboxylic acids is 1. The average Bonchev–Trinajstić information content (AvgIpc) is 2.16. The van der Waals surface area contributed by atoms with Crippen LogP contribution in [0.2, 0.25) is 0 Å². The number of amides is 1. The fourth-order valence-electron chi connectivity index (χ4n) is 1.28. The summed E-state index contributed by atoms with van der Waals surface area (Å²) in [6.07, 6.45) is -0.0996. The van der Waals surface area contributed by atoms with Crippen molar-refractivity contribution in [3.63, 3.8) is 0 Å². The molecule has 5 nitrogen and oxygen atoms in total. The number of aromatic nitrogens is 1. The summed E-state index contributed by atoms with van der Waals surface area (Å²) < 4.78 is 0. The second-order valence-electron chi connectivity index (χ2n) is 3.64. The molecule has 5 heteroatoms. The fourth-order valence-corrected chi connectivity index (χ4v) is 1.28. The van der Waals surface area contributed by atoms with Crippen LogP contribution in [0.3, 0.4) is 0 Å². The van der Waals surface area contributed by atoms with E-state index in [-0.39, 0.29) is 12.3 Å². The predicted octanol–water partition coefficient (Wildman–Crippen LogP) is 0.983. The molecule has 2 N–H and O–H groups in total. The molecule has 0 aliphatic rings. The average molecular weight is 222 g/mol. The van der Waals surface area contributed by atoms with Crippen LogP contribution in [-0.4, -0.2) is 28.0 Å². The van der Waals surface area contributed by atoms with Crippen LogP contribution in [0.25, 0.3) is 0 Å². The van der Waals surface area contributed by atoms with E-state index < -0.39 is 12.0 Å². The van der Waals surface area contributed by atoms with Crippen LogP contribution >= 0.6 is 0 Å². The lowest BCUT2D eigenvalue weighted by molar-refractivity contribution is -0.137. The molecule has 0 aliphatic carbocycles. The lowest BCUT2D eigenvalue weighted by Gasteiger charge is -2.11. The van der Waals surface area contributed by atoms with Crippen molar-refractivity contribution >= 4 is 11.9 Å². The molecule has 0 fully saturated rings. The summed E-state index contributed by atoms with van der Waals surface area (Å²) >= 11 is 0. The van der Waals surface area contributed by atoms with Crippen LogP contribution in [0, 0.1) is 6.92 Å². The number of nitrogens with one attached hydrogen (secondary N) is 1. The summed E-state index contributed by atoms with van der Waals surface area (Å²) in [6.45, 7) is 3.43. The van der Waals surface area contributed by atoms with Crippen LogP contribution in [0.5, 0.6) is 0 Å². The van der Waals surface area contributed by atoms with E-state index in [1.807, 2.05) is 0 Å². The number of pyridine rings is 1. The minimum absolute atomic E-state index is 0.0996. The number of rotatable bonds is 4. The van der Waals surface area contributed by atoms with Crippen LogP contribution in [0.15, 0.2) is 18.2 Å². The zero-order chi connectivity index (χ0) is 12.1. The van der Waals surface area contributed by atoms with Crippen molar-refractivity contribution in [3.8, 4) is 0 Å². The van der Waals surface area contributed by atoms with E-state index in [4.69, 9.17) is 5.11 Å². The monoisotopic (exact) mass is 222 g/mol. The van der Waals surface area contributed by atoms with Gasteiger partial charge in [-0.15, -0.1) is 0 Å². The Balaban J connectivity index is 2.62. The van der Waals surface area contributed by atoms with Gasteiger partial charge in [0.15, 0.2) is 0 Å². The van der Waals surface area contributed by atoms with E-state index in [2.05, 4.69) is 10.3 Å². The van der Waals surface area contributed by atoms with Gasteiger partial charge in [0, 0.05) is 11.7 Å². The summed E-state index contributed by atoms with van der Waals surface area (Å²) in [7, 11) is 0. The molecule has 0 aromatic carbocycles. The number of carbonyl (C=O) groups excluding carboxylic acids is 1. The third-order valence-electron chi connectivity index (χ3n) is 1.98. The SMILES string of the molecule is Cc1cccc(C(=O)NC(C)CC(=O)O)n1. The van der Waals surface area contributed by atoms with E-state index in [0.29, 0.717) is 5.69 Å². The van der Waals surface area contributed by atoms with Crippen LogP contribution in [0.4, 0.5) is 0 Å². The first-order valence-electron chi connectivity index (χ1n) is 4.95. The summed E-state index contributed by atoms with van der Waals surface area (Å²) in [4.78, 5) is 26.1. The second-order valence-corrected chi connectivity index (χ2v) is 3.64. The minimum atomic E-state index is -0.940. The van der Waals surface area contributed by atoms with E-state index in [1.165, 1.54) is 0 Å². The van der Waals surface area contributed by atoms with Crippen molar-refractivity contribution in [2.24, 2.45) is 0 Å². The Bertz CT molecular complexity index is 404. The highest BCUT2D eigenvalue weighted by Gasteiger charge is 2.13. The smallest absolute Gasteiger partial charge is 0.305 e. The Kier molecular flexibility index (Phi) is 3.99. The van der Waals surface area contributed by atoms with Gasteiger partial charge >= 0.3 is 5.97 Å². The van der Waals surface area contributed by atoms with Crippen molar-refractivity contribution in [2.45, 2.75) is 26.3 Å². The molecular formula is C11H14N2O3. The second kappa shape index (κ2) is 5.25. The number of carbonyl (C=O) groups is 2. The molecule has 16 heavy (non-hydrogen) atoms. The molecule has 0 radical (unpaired) electrons. The lowest BCUT2D eigenvalue weighted by Crippen LogP contribution is -2.34. The topological polar surface area (TPSA) is 79.3 Å². The Labute approximate surface area is 93.5 Å². The van der Waals surface area contributed by atoms with Crippen molar-refractivity contribution in [2.75, 3.05) is 0 Å². The molecular weight excluding hydrogens is 208 g/mol. The van der Waals surface area contributed by atoms with E-state index in [0.717, 1.165) is 5.69 Å². The summed E-state index contributed by atoms with van der Waals surface area (Å²) in [5.41, 5.74) is 1.05. The molecule has 1 atom stereocenters. The molecule has 1 heterocycles. The first-order chi connectivity index (χ1) is 7.49. The molecule has 86 valence electrons. The highest BCUT2D eigenvalue weighted by molar-refractivity contribution is 5.92. The summed E-state index contributed by atoms with van der Waals surface area (Å²) in [5.74, 6) is -1.29. The van der Waals surface area contributed by atoms with Gasteiger partial charge in [0.25, 0.3) is 5.91 Å². The third-order valence-corrected chi connectivity index (χ3v) is 1.98. The molecule has 0 spiro atoms. The standard InChI is InChI=1S/C11H14N2O3/c1-7-4-3-5-9(12-7)11(16)13-8(2)6-10(14)15/h3-5,8H,6H2,1-2H3,(H,13,16)(H,14,15). The van der Waals surface area contributed by atoms with Gasteiger partial charge in [0.1, 0.15) is 5.69 Å². The molecule has 1 unspecified atom stereocenters. The van der Waals surface area contributed by atoms with Gasteiger partial charge in [-0.25, -0.2) is 4.98 Å². The lowest BCUT2D eigenvalue weighted by atomic mass is 10.2. The number of carboxylic acid groups (broad SMARTS) is 1. The maximum atomic E-state index is 11.6. The van der Waals surface area contributed by atoms with Crippen LogP contribution in [0.1, 0.15) is 29.5 Å². The van der Waals surface area contributed by atoms with E-state index >= 15 is 0 Å². The highest BCUT2D eigenvalue weighted by Crippen LogP contribution is 1.99. The molecule has 1 rings (SSSR count). The molecule has 1 aromatic heterocycles. The first kappa shape index (κ1) is 12.2. The number of nitrogens with zero attached hydrogens (tertiary/aromatic N) is 1. The van der Waals surface area contributed by atoms with Crippen molar-refractivity contribution in [1.29, 1.82) is 0 Å². The first-order valence-corrected chi connectivity index (χ1v) is 4.95. The molecule has 0 aliphatic heterocycles.